The van der Waals surface area contributed by atoms with Crippen LogP contribution in [0.25, 0.3) is 0 Å². The van der Waals surface area contributed by atoms with Crippen LogP contribution < -0.4 is 10.5 Å². The summed E-state index contributed by atoms with van der Waals surface area (Å²) in [7, 11) is -3.66. The predicted molar refractivity (Wildman–Crippen MR) is 68.4 cm³/mol. The van der Waals surface area contributed by atoms with Gasteiger partial charge in [0.2, 0.25) is 0 Å². The van der Waals surface area contributed by atoms with Crippen LogP contribution in [0.4, 0.5) is 11.5 Å². The Bertz CT molecular complexity index is 653. The first-order valence-electron chi connectivity index (χ1n) is 5.15. The van der Waals surface area contributed by atoms with E-state index in [1.807, 2.05) is 0 Å². The van der Waals surface area contributed by atoms with Crippen LogP contribution in [0.5, 0.6) is 0 Å². The Morgan fingerprint density at radius 2 is 1.72 bits per heavy atom. The summed E-state index contributed by atoms with van der Waals surface area (Å²) in [5.74, 6) is 0.217. The highest BCUT2D eigenvalue weighted by atomic mass is 32.2. The summed E-state index contributed by atoms with van der Waals surface area (Å²) in [5.41, 5.74) is 6.52. The number of rotatable bonds is 3. The number of benzene rings is 1. The maximum absolute atomic E-state index is 12.0. The average molecular weight is 264 g/mol. The average Bonchev–Trinajstić information content (AvgIpc) is 2.32. The predicted octanol–water partition coefficient (Wildman–Crippen LogP) is 1.17. The highest BCUT2D eigenvalue weighted by Gasteiger charge is 2.15. The van der Waals surface area contributed by atoms with Crippen LogP contribution in [-0.4, -0.2) is 18.4 Å². The summed E-state index contributed by atoms with van der Waals surface area (Å²) in [6.07, 6.45) is 2.92. The number of hydrogen-bond donors (Lipinski definition) is 2. The zero-order valence-electron chi connectivity index (χ0n) is 9.66. The van der Waals surface area contributed by atoms with Gasteiger partial charge in [-0.15, -0.1) is 0 Å². The fourth-order valence-corrected chi connectivity index (χ4v) is 2.41. The lowest BCUT2D eigenvalue weighted by Gasteiger charge is -2.08. The van der Waals surface area contributed by atoms with Crippen molar-refractivity contribution in [2.45, 2.75) is 11.8 Å². The molecule has 0 saturated heterocycles. The normalized spacial score (nSPS) is 11.2. The molecule has 0 bridgehead atoms. The van der Waals surface area contributed by atoms with Crippen LogP contribution in [0.2, 0.25) is 0 Å². The summed E-state index contributed by atoms with van der Waals surface area (Å²) >= 11 is 0. The summed E-state index contributed by atoms with van der Waals surface area (Å²) < 4.78 is 26.5. The van der Waals surface area contributed by atoms with E-state index in [4.69, 9.17) is 5.73 Å². The number of aromatic nitrogens is 2. The van der Waals surface area contributed by atoms with Crippen LogP contribution in [0, 0.1) is 6.92 Å². The maximum Gasteiger partial charge on any atom is 0.263 e. The largest absolute Gasteiger partial charge is 0.399 e. The number of anilines is 2. The van der Waals surface area contributed by atoms with E-state index >= 15 is 0 Å². The number of nitrogens with zero attached hydrogens (tertiary/aromatic N) is 2. The van der Waals surface area contributed by atoms with Gasteiger partial charge in [0.25, 0.3) is 10.0 Å². The first-order chi connectivity index (χ1) is 8.49. The van der Waals surface area contributed by atoms with Crippen molar-refractivity contribution < 1.29 is 8.42 Å². The molecule has 0 atom stereocenters. The summed E-state index contributed by atoms with van der Waals surface area (Å²) in [6, 6.07) is 5.92. The monoisotopic (exact) mass is 264 g/mol. The molecule has 18 heavy (non-hydrogen) atoms. The molecule has 1 aromatic carbocycles. The van der Waals surface area contributed by atoms with Crippen molar-refractivity contribution >= 4 is 21.5 Å². The summed E-state index contributed by atoms with van der Waals surface area (Å²) in [5, 5.41) is 0. The van der Waals surface area contributed by atoms with Gasteiger partial charge in [-0.3, -0.25) is 9.71 Å². The molecule has 0 saturated carbocycles. The highest BCUT2D eigenvalue weighted by Crippen LogP contribution is 2.16. The van der Waals surface area contributed by atoms with Crippen molar-refractivity contribution in [3.8, 4) is 0 Å². The number of hydrogen-bond acceptors (Lipinski definition) is 5. The van der Waals surface area contributed by atoms with Gasteiger partial charge in [0, 0.05) is 18.1 Å². The molecule has 0 aliphatic rings. The number of sulfonamides is 1. The molecule has 6 nitrogen and oxygen atoms in total. The highest BCUT2D eigenvalue weighted by molar-refractivity contribution is 7.92. The summed E-state index contributed by atoms with van der Waals surface area (Å²) in [4.78, 5) is 8.02. The molecule has 94 valence electrons. The molecule has 0 aliphatic carbocycles. The van der Waals surface area contributed by atoms with Crippen LogP contribution in [0.15, 0.2) is 41.6 Å². The van der Waals surface area contributed by atoms with Gasteiger partial charge in [-0.05, 0) is 31.2 Å². The standard InChI is InChI=1S/C11H12N4O2S/c1-8-11(14-7-6-13-8)15-18(16,17)10-4-2-9(12)3-5-10/h2-7H,12H2,1H3,(H,14,15). The topological polar surface area (TPSA) is 98.0 Å². The number of nitrogens with two attached hydrogens (primary N) is 1. The number of nitrogen functional groups attached to an aromatic ring is 1. The Kier molecular flexibility index (Phi) is 3.15. The molecular weight excluding hydrogens is 252 g/mol. The zero-order valence-corrected chi connectivity index (χ0v) is 10.5. The molecule has 3 N–H and O–H groups in total. The minimum Gasteiger partial charge on any atom is -0.399 e. The molecule has 1 heterocycles. The molecule has 0 amide bonds. The maximum atomic E-state index is 12.0. The zero-order chi connectivity index (χ0) is 13.2. The van der Waals surface area contributed by atoms with E-state index < -0.39 is 10.0 Å². The molecule has 0 aliphatic heterocycles. The van der Waals surface area contributed by atoms with Gasteiger partial charge in [-0.25, -0.2) is 13.4 Å². The quantitative estimate of drug-likeness (QED) is 0.811. The minimum absolute atomic E-state index is 0.127. The first kappa shape index (κ1) is 12.3. The SMILES string of the molecule is Cc1nccnc1NS(=O)(=O)c1ccc(N)cc1. The van der Waals surface area contributed by atoms with Gasteiger partial charge in [0.1, 0.15) is 0 Å². The Hall–Kier alpha value is -2.15. The second-order valence-electron chi connectivity index (χ2n) is 3.66. The van der Waals surface area contributed by atoms with Crippen molar-refractivity contribution in [2.24, 2.45) is 0 Å². The van der Waals surface area contributed by atoms with Crippen molar-refractivity contribution in [2.75, 3.05) is 10.5 Å². The van der Waals surface area contributed by atoms with E-state index in [0.29, 0.717) is 11.4 Å². The third-order valence-electron chi connectivity index (χ3n) is 2.30. The van der Waals surface area contributed by atoms with Crippen LogP contribution in [0.3, 0.4) is 0 Å². The molecular formula is C11H12N4O2S. The fourth-order valence-electron chi connectivity index (χ4n) is 1.34. The smallest absolute Gasteiger partial charge is 0.263 e. The van der Waals surface area contributed by atoms with Crippen molar-refractivity contribution in [3.05, 3.63) is 42.4 Å². The fraction of sp³-hybridized carbons (Fsp3) is 0.0909. The molecule has 2 rings (SSSR count). The Morgan fingerprint density at radius 1 is 1.11 bits per heavy atom. The molecule has 0 spiro atoms. The second-order valence-corrected chi connectivity index (χ2v) is 5.35. The van der Waals surface area contributed by atoms with Crippen molar-refractivity contribution in [1.29, 1.82) is 0 Å². The lowest BCUT2D eigenvalue weighted by Crippen LogP contribution is -2.15. The van der Waals surface area contributed by atoms with Gasteiger partial charge in [-0.1, -0.05) is 0 Å². The summed E-state index contributed by atoms with van der Waals surface area (Å²) in [6.45, 7) is 1.67. The lowest BCUT2D eigenvalue weighted by molar-refractivity contribution is 0.601. The number of nitrogens with one attached hydrogen (secondary N) is 1. The van der Waals surface area contributed by atoms with E-state index in [-0.39, 0.29) is 10.7 Å². The van der Waals surface area contributed by atoms with E-state index in [1.54, 1.807) is 6.92 Å². The van der Waals surface area contributed by atoms with Gasteiger partial charge >= 0.3 is 0 Å². The third kappa shape index (κ3) is 2.57. The van der Waals surface area contributed by atoms with Gasteiger partial charge < -0.3 is 5.73 Å². The van der Waals surface area contributed by atoms with Crippen LogP contribution >= 0.6 is 0 Å². The second kappa shape index (κ2) is 4.61. The van der Waals surface area contributed by atoms with Gasteiger partial charge in [0.15, 0.2) is 5.82 Å². The Morgan fingerprint density at radius 3 is 2.33 bits per heavy atom. The number of aryl methyl sites for hydroxylation is 1. The van der Waals surface area contributed by atoms with E-state index in [9.17, 15) is 8.42 Å². The van der Waals surface area contributed by atoms with E-state index in [1.165, 1.54) is 36.7 Å². The van der Waals surface area contributed by atoms with E-state index in [0.717, 1.165) is 0 Å². The molecule has 0 fully saturated rings. The van der Waals surface area contributed by atoms with Crippen LogP contribution in [0.1, 0.15) is 5.69 Å². The Balaban J connectivity index is 2.33. The third-order valence-corrected chi connectivity index (χ3v) is 3.66. The van der Waals surface area contributed by atoms with Crippen LogP contribution in [-0.2, 0) is 10.0 Å². The van der Waals surface area contributed by atoms with Gasteiger partial charge in [-0.2, -0.15) is 0 Å². The molecule has 1 aromatic heterocycles. The molecule has 2 aromatic rings. The van der Waals surface area contributed by atoms with Gasteiger partial charge in [0.05, 0.1) is 10.6 Å². The van der Waals surface area contributed by atoms with Crippen molar-refractivity contribution in [3.63, 3.8) is 0 Å². The van der Waals surface area contributed by atoms with E-state index in [2.05, 4.69) is 14.7 Å². The molecule has 0 radical (unpaired) electrons. The Labute approximate surface area is 105 Å². The molecule has 7 heteroatoms. The lowest BCUT2D eigenvalue weighted by atomic mass is 10.3. The van der Waals surface area contributed by atoms with Crippen molar-refractivity contribution in [1.82, 2.24) is 9.97 Å². The molecule has 0 unspecified atom stereocenters. The first-order valence-corrected chi connectivity index (χ1v) is 6.63. The minimum atomic E-state index is -3.66.